The van der Waals surface area contributed by atoms with Gasteiger partial charge in [0.05, 0.1) is 13.0 Å². The number of rotatable bonds is 4. The van der Waals surface area contributed by atoms with Crippen molar-refractivity contribution in [2.75, 3.05) is 7.11 Å². The van der Waals surface area contributed by atoms with E-state index < -0.39 is 5.97 Å². The first-order valence-corrected chi connectivity index (χ1v) is 6.76. The van der Waals surface area contributed by atoms with Gasteiger partial charge in [-0.1, -0.05) is 32.9 Å². The molecule has 1 aliphatic rings. The van der Waals surface area contributed by atoms with E-state index in [9.17, 15) is 9.90 Å². The Bertz CT molecular complexity index is 481. The quantitative estimate of drug-likeness (QED) is 0.902. The zero-order valence-corrected chi connectivity index (χ0v) is 12.1. The van der Waals surface area contributed by atoms with Crippen molar-refractivity contribution < 1.29 is 14.6 Å². The normalized spacial score (nSPS) is 17.1. The van der Waals surface area contributed by atoms with E-state index in [1.165, 1.54) is 0 Å². The second-order valence-corrected chi connectivity index (χ2v) is 6.36. The second kappa shape index (κ2) is 4.87. The smallest absolute Gasteiger partial charge is 0.311 e. The van der Waals surface area contributed by atoms with Crippen LogP contribution in [0, 0.1) is 5.92 Å². The molecule has 0 aromatic heterocycles. The highest BCUT2D eigenvalue weighted by atomic mass is 16.5. The van der Waals surface area contributed by atoms with Gasteiger partial charge in [0.1, 0.15) is 5.75 Å². The molecule has 0 aliphatic heterocycles. The lowest BCUT2D eigenvalue weighted by molar-refractivity contribution is -0.139. The zero-order chi connectivity index (χ0) is 14.2. The van der Waals surface area contributed by atoms with Gasteiger partial charge in [-0.25, -0.2) is 0 Å². The average molecular weight is 262 g/mol. The Kier molecular flexibility index (Phi) is 3.57. The Labute approximate surface area is 114 Å². The lowest BCUT2D eigenvalue weighted by Gasteiger charge is -2.24. The monoisotopic (exact) mass is 262 g/mol. The predicted molar refractivity (Wildman–Crippen MR) is 74.8 cm³/mol. The summed E-state index contributed by atoms with van der Waals surface area (Å²) in [6.07, 6.45) is 2.04. The molecule has 104 valence electrons. The number of benzene rings is 1. The van der Waals surface area contributed by atoms with E-state index in [0.29, 0.717) is 5.92 Å². The molecule has 0 radical (unpaired) electrons. The summed E-state index contributed by atoms with van der Waals surface area (Å²) in [6.45, 7) is 6.34. The third-order valence-corrected chi connectivity index (χ3v) is 3.75. The lowest BCUT2D eigenvalue weighted by Crippen LogP contribution is -2.17. The number of carbonyl (C=O) groups is 1. The first-order valence-electron chi connectivity index (χ1n) is 6.76. The Morgan fingerprint density at radius 3 is 2.42 bits per heavy atom. The maximum absolute atomic E-state index is 11.5. The van der Waals surface area contributed by atoms with Crippen LogP contribution < -0.4 is 4.74 Å². The van der Waals surface area contributed by atoms with Gasteiger partial charge in [-0.05, 0) is 41.4 Å². The molecule has 0 bridgehead atoms. The van der Waals surface area contributed by atoms with E-state index in [-0.39, 0.29) is 11.3 Å². The molecule has 0 amide bonds. The van der Waals surface area contributed by atoms with Gasteiger partial charge in [0.15, 0.2) is 0 Å². The van der Waals surface area contributed by atoms with Crippen LogP contribution in [0.2, 0.25) is 0 Å². The molecule has 1 aromatic carbocycles. The molecule has 2 rings (SSSR count). The van der Waals surface area contributed by atoms with Crippen LogP contribution in [0.1, 0.15) is 50.7 Å². The standard InChI is InChI=1S/C16H22O3/c1-16(2,3)12-9-11(7-8-13(12)19-4)14(15(17)18)10-5-6-10/h7-10,14H,5-6H2,1-4H3,(H,17,18). The first-order chi connectivity index (χ1) is 8.84. The number of hydrogen-bond acceptors (Lipinski definition) is 2. The molecule has 0 heterocycles. The molecular formula is C16H22O3. The molecule has 1 aliphatic carbocycles. The molecular weight excluding hydrogens is 240 g/mol. The van der Waals surface area contributed by atoms with Gasteiger partial charge in [-0.3, -0.25) is 4.79 Å². The molecule has 1 fully saturated rings. The van der Waals surface area contributed by atoms with Gasteiger partial charge < -0.3 is 9.84 Å². The minimum absolute atomic E-state index is 0.0615. The van der Waals surface area contributed by atoms with Gasteiger partial charge in [0.2, 0.25) is 0 Å². The van der Waals surface area contributed by atoms with Crippen LogP contribution in [-0.4, -0.2) is 18.2 Å². The van der Waals surface area contributed by atoms with Crippen molar-refractivity contribution in [1.82, 2.24) is 0 Å². The number of carboxylic acids is 1. The molecule has 3 nitrogen and oxygen atoms in total. The Hall–Kier alpha value is -1.51. The van der Waals surface area contributed by atoms with Crippen molar-refractivity contribution in [3.05, 3.63) is 29.3 Å². The van der Waals surface area contributed by atoms with Crippen molar-refractivity contribution in [2.45, 2.75) is 44.9 Å². The highest BCUT2D eigenvalue weighted by molar-refractivity contribution is 5.77. The summed E-state index contributed by atoms with van der Waals surface area (Å²) in [5, 5.41) is 9.43. The third-order valence-electron chi connectivity index (χ3n) is 3.75. The third kappa shape index (κ3) is 2.91. The highest BCUT2D eigenvalue weighted by Gasteiger charge is 2.38. The number of carboxylic acid groups (broad SMARTS) is 1. The van der Waals surface area contributed by atoms with Crippen LogP contribution in [0.4, 0.5) is 0 Å². The van der Waals surface area contributed by atoms with Crippen LogP contribution in [0.5, 0.6) is 5.75 Å². The van der Waals surface area contributed by atoms with Crippen LogP contribution >= 0.6 is 0 Å². The van der Waals surface area contributed by atoms with Crippen molar-refractivity contribution in [1.29, 1.82) is 0 Å². The minimum Gasteiger partial charge on any atom is -0.496 e. The lowest BCUT2D eigenvalue weighted by atomic mass is 9.83. The average Bonchev–Trinajstić information content (AvgIpc) is 3.12. The number of aliphatic carboxylic acids is 1. The molecule has 1 N–H and O–H groups in total. The SMILES string of the molecule is COc1ccc(C(C(=O)O)C2CC2)cc1C(C)(C)C. The minimum atomic E-state index is -0.715. The highest BCUT2D eigenvalue weighted by Crippen LogP contribution is 2.44. The Morgan fingerprint density at radius 1 is 1.37 bits per heavy atom. The van der Waals surface area contributed by atoms with E-state index in [1.807, 2.05) is 18.2 Å². The summed E-state index contributed by atoms with van der Waals surface area (Å²) in [7, 11) is 1.65. The van der Waals surface area contributed by atoms with Crippen LogP contribution in [0.25, 0.3) is 0 Å². The molecule has 0 saturated heterocycles. The number of methoxy groups -OCH3 is 1. The van der Waals surface area contributed by atoms with Crippen molar-refractivity contribution in [3.8, 4) is 5.75 Å². The van der Waals surface area contributed by atoms with Gasteiger partial charge in [0, 0.05) is 0 Å². The van der Waals surface area contributed by atoms with Crippen molar-refractivity contribution >= 4 is 5.97 Å². The molecule has 1 atom stereocenters. The molecule has 1 aromatic rings. The fourth-order valence-electron chi connectivity index (χ4n) is 2.55. The van der Waals surface area contributed by atoms with Crippen LogP contribution in [0.15, 0.2) is 18.2 Å². The molecule has 0 spiro atoms. The van der Waals surface area contributed by atoms with Gasteiger partial charge in [-0.15, -0.1) is 0 Å². The first kappa shape index (κ1) is 13.9. The zero-order valence-electron chi connectivity index (χ0n) is 12.1. The Morgan fingerprint density at radius 2 is 2.00 bits per heavy atom. The van der Waals surface area contributed by atoms with E-state index in [1.54, 1.807) is 7.11 Å². The Balaban J connectivity index is 2.44. The summed E-state index contributed by atoms with van der Waals surface area (Å²) >= 11 is 0. The maximum atomic E-state index is 11.5. The summed E-state index contributed by atoms with van der Waals surface area (Å²) in [5.41, 5.74) is 1.91. The fourth-order valence-corrected chi connectivity index (χ4v) is 2.55. The van der Waals surface area contributed by atoms with E-state index in [0.717, 1.165) is 29.7 Å². The number of ether oxygens (including phenoxy) is 1. The van der Waals surface area contributed by atoms with Crippen LogP contribution in [0.3, 0.4) is 0 Å². The van der Waals surface area contributed by atoms with Crippen molar-refractivity contribution in [2.24, 2.45) is 5.92 Å². The summed E-state index contributed by atoms with van der Waals surface area (Å²) in [5.74, 6) is 0.0504. The number of hydrogen-bond donors (Lipinski definition) is 1. The topological polar surface area (TPSA) is 46.5 Å². The molecule has 1 unspecified atom stereocenters. The van der Waals surface area contributed by atoms with Crippen molar-refractivity contribution in [3.63, 3.8) is 0 Å². The van der Waals surface area contributed by atoms with Crippen LogP contribution in [-0.2, 0) is 10.2 Å². The van der Waals surface area contributed by atoms with E-state index >= 15 is 0 Å². The molecule has 3 heteroatoms. The summed E-state index contributed by atoms with van der Waals surface area (Å²) < 4.78 is 5.40. The predicted octanol–water partition coefficient (Wildman–Crippen LogP) is 3.57. The van der Waals surface area contributed by atoms with E-state index in [2.05, 4.69) is 20.8 Å². The van der Waals surface area contributed by atoms with Gasteiger partial charge in [-0.2, -0.15) is 0 Å². The summed E-state index contributed by atoms with van der Waals surface area (Å²) in [6, 6.07) is 5.80. The maximum Gasteiger partial charge on any atom is 0.311 e. The molecule has 1 saturated carbocycles. The largest absolute Gasteiger partial charge is 0.496 e. The fraction of sp³-hybridized carbons (Fsp3) is 0.562. The molecule has 19 heavy (non-hydrogen) atoms. The van der Waals surface area contributed by atoms with Gasteiger partial charge in [0.25, 0.3) is 0 Å². The van der Waals surface area contributed by atoms with E-state index in [4.69, 9.17) is 4.74 Å². The summed E-state index contributed by atoms with van der Waals surface area (Å²) in [4.78, 5) is 11.5. The second-order valence-electron chi connectivity index (χ2n) is 6.36. The van der Waals surface area contributed by atoms with Gasteiger partial charge >= 0.3 is 5.97 Å².